The number of nitrogens with one attached hydrogen (secondary N) is 2. The molecule has 0 aromatic heterocycles. The third-order valence-electron chi connectivity index (χ3n) is 6.98. The molecule has 1 aliphatic carbocycles. The number of alkyl carbamates (subject to hydrolysis) is 1. The first kappa shape index (κ1) is 26.3. The van der Waals surface area contributed by atoms with Crippen molar-refractivity contribution < 1.29 is 24.2 Å². The van der Waals surface area contributed by atoms with Crippen molar-refractivity contribution in [3.05, 3.63) is 59.7 Å². The summed E-state index contributed by atoms with van der Waals surface area (Å²) in [5.74, 6) is -1.26. The van der Waals surface area contributed by atoms with E-state index >= 15 is 0 Å². The van der Waals surface area contributed by atoms with E-state index in [1.165, 1.54) is 0 Å². The van der Waals surface area contributed by atoms with Crippen LogP contribution in [0.4, 0.5) is 4.79 Å². The van der Waals surface area contributed by atoms with Crippen LogP contribution in [0.25, 0.3) is 11.1 Å². The van der Waals surface area contributed by atoms with E-state index in [1.54, 1.807) is 13.8 Å². The summed E-state index contributed by atoms with van der Waals surface area (Å²) in [6, 6.07) is 15.9. The molecule has 1 aliphatic rings. The fourth-order valence-corrected chi connectivity index (χ4v) is 4.42. The van der Waals surface area contributed by atoms with Crippen LogP contribution >= 0.6 is 0 Å². The molecule has 3 N–H and O–H groups in total. The number of benzene rings is 2. The molecule has 0 radical (unpaired) electrons. The van der Waals surface area contributed by atoms with Crippen LogP contribution in [0.3, 0.4) is 0 Å². The summed E-state index contributed by atoms with van der Waals surface area (Å²) in [5, 5.41) is 15.0. The molecule has 0 saturated heterocycles. The summed E-state index contributed by atoms with van der Waals surface area (Å²) in [5.41, 5.74) is 3.58. The third-order valence-corrected chi connectivity index (χ3v) is 6.98. The average molecular weight is 481 g/mol. The van der Waals surface area contributed by atoms with Crippen molar-refractivity contribution in [3.63, 3.8) is 0 Å². The van der Waals surface area contributed by atoms with E-state index in [2.05, 4.69) is 34.9 Å². The number of amides is 2. The molecule has 0 spiro atoms. The van der Waals surface area contributed by atoms with Crippen LogP contribution in [-0.4, -0.2) is 42.3 Å². The van der Waals surface area contributed by atoms with Gasteiger partial charge >= 0.3 is 12.1 Å². The maximum Gasteiger partial charge on any atom is 0.407 e. The summed E-state index contributed by atoms with van der Waals surface area (Å²) in [4.78, 5) is 36.7. The molecule has 2 aromatic rings. The Morgan fingerprint density at radius 3 is 2.17 bits per heavy atom. The maximum absolute atomic E-state index is 12.7. The minimum atomic E-state index is -1.02. The topological polar surface area (TPSA) is 105 Å². The second kappa shape index (κ2) is 11.9. The summed E-state index contributed by atoms with van der Waals surface area (Å²) < 4.78 is 5.64. The van der Waals surface area contributed by atoms with Gasteiger partial charge in [0, 0.05) is 24.9 Å². The predicted octanol–water partition coefficient (Wildman–Crippen LogP) is 5.09. The number of carboxylic acids is 1. The first-order valence-electron chi connectivity index (χ1n) is 12.4. The Bertz CT molecular complexity index is 1010. The van der Waals surface area contributed by atoms with Gasteiger partial charge in [-0.1, -0.05) is 75.2 Å². The number of carbonyl (C=O) groups is 3. The smallest absolute Gasteiger partial charge is 0.407 e. The van der Waals surface area contributed by atoms with Gasteiger partial charge in [-0.15, -0.1) is 0 Å². The van der Waals surface area contributed by atoms with E-state index in [4.69, 9.17) is 4.74 Å². The lowest BCUT2D eigenvalue weighted by Crippen LogP contribution is -2.44. The molecule has 0 aliphatic heterocycles. The molecule has 0 heterocycles. The van der Waals surface area contributed by atoms with Gasteiger partial charge in [0.1, 0.15) is 6.61 Å². The first-order chi connectivity index (χ1) is 16.8. The Balaban J connectivity index is 1.58. The zero-order valence-corrected chi connectivity index (χ0v) is 20.8. The molecule has 0 bridgehead atoms. The van der Waals surface area contributed by atoms with Gasteiger partial charge in [-0.2, -0.15) is 0 Å². The van der Waals surface area contributed by atoms with Gasteiger partial charge < -0.3 is 20.5 Å². The summed E-state index contributed by atoms with van der Waals surface area (Å²) in [6.45, 7) is 5.69. The number of rotatable bonds is 12. The van der Waals surface area contributed by atoms with Gasteiger partial charge in [0.15, 0.2) is 0 Å². The average Bonchev–Trinajstić information content (AvgIpc) is 3.18. The minimum absolute atomic E-state index is 0.0340. The molecular formula is C28H36N2O5. The molecule has 2 atom stereocenters. The Hall–Kier alpha value is -3.35. The van der Waals surface area contributed by atoms with Gasteiger partial charge in [-0.3, -0.25) is 9.59 Å². The van der Waals surface area contributed by atoms with Crippen molar-refractivity contribution in [1.29, 1.82) is 0 Å². The molecule has 2 unspecified atom stereocenters. The summed E-state index contributed by atoms with van der Waals surface area (Å²) >= 11 is 0. The summed E-state index contributed by atoms with van der Waals surface area (Å²) in [7, 11) is 0. The quantitative estimate of drug-likeness (QED) is 0.392. The van der Waals surface area contributed by atoms with Gasteiger partial charge in [-0.25, -0.2) is 4.79 Å². The molecule has 2 amide bonds. The van der Waals surface area contributed by atoms with E-state index in [-0.39, 0.29) is 37.4 Å². The van der Waals surface area contributed by atoms with E-state index < -0.39 is 17.5 Å². The predicted molar refractivity (Wildman–Crippen MR) is 135 cm³/mol. The van der Waals surface area contributed by atoms with E-state index in [1.807, 2.05) is 31.2 Å². The number of hydrogen-bond donors (Lipinski definition) is 3. The number of ether oxygens (including phenoxy) is 1. The largest absolute Gasteiger partial charge is 0.481 e. The van der Waals surface area contributed by atoms with Crippen LogP contribution < -0.4 is 10.6 Å². The lowest BCUT2D eigenvalue weighted by atomic mass is 9.87. The second-order valence-electron chi connectivity index (χ2n) is 9.51. The Morgan fingerprint density at radius 1 is 1.03 bits per heavy atom. The van der Waals surface area contributed by atoms with Crippen LogP contribution in [0, 0.1) is 5.41 Å². The Morgan fingerprint density at radius 2 is 1.63 bits per heavy atom. The third kappa shape index (κ3) is 6.41. The highest BCUT2D eigenvalue weighted by Crippen LogP contribution is 2.44. The van der Waals surface area contributed by atoms with Gasteiger partial charge in [0.25, 0.3) is 0 Å². The highest BCUT2D eigenvalue weighted by atomic mass is 16.5. The van der Waals surface area contributed by atoms with Crippen LogP contribution in [0.2, 0.25) is 0 Å². The number of unbranched alkanes of at least 4 members (excludes halogenated alkanes) is 1. The number of aliphatic carboxylic acids is 1. The highest BCUT2D eigenvalue weighted by Gasteiger charge is 2.32. The minimum Gasteiger partial charge on any atom is -0.481 e. The van der Waals surface area contributed by atoms with Gasteiger partial charge in [-0.05, 0) is 42.0 Å². The Labute approximate surface area is 207 Å². The lowest BCUT2D eigenvalue weighted by molar-refractivity contribution is -0.148. The number of fused-ring (bicyclic) bond motifs is 3. The van der Waals surface area contributed by atoms with Crippen LogP contribution in [-0.2, 0) is 14.3 Å². The normalized spacial score (nSPS) is 14.8. The van der Waals surface area contributed by atoms with Crippen LogP contribution in [0.15, 0.2) is 48.5 Å². The Kier molecular flexibility index (Phi) is 8.90. The second-order valence-corrected chi connectivity index (χ2v) is 9.51. The molecule has 2 aromatic carbocycles. The van der Waals surface area contributed by atoms with Crippen molar-refractivity contribution in [2.45, 2.75) is 64.8 Å². The number of carboxylic acid groups (broad SMARTS) is 1. The molecule has 7 nitrogen and oxygen atoms in total. The molecule has 188 valence electrons. The van der Waals surface area contributed by atoms with Crippen molar-refractivity contribution in [3.8, 4) is 11.1 Å². The molecular weight excluding hydrogens is 444 g/mol. The molecule has 35 heavy (non-hydrogen) atoms. The number of hydrogen-bond acceptors (Lipinski definition) is 4. The standard InChI is InChI=1S/C28H36N2O5/c1-4-6-11-19(16-25(31)29-18-28(3,5-2)26(32)33)30-27(34)35-17-24-22-14-9-7-12-20(22)21-13-8-10-15-23(21)24/h7-10,12-15,19,24H,4-6,11,16-18H2,1-3H3,(H,29,31)(H,30,34)(H,32,33). The van der Waals surface area contributed by atoms with Crippen LogP contribution in [0.1, 0.15) is 69.9 Å². The molecule has 0 saturated carbocycles. The van der Waals surface area contributed by atoms with Gasteiger partial charge in [0.2, 0.25) is 5.91 Å². The molecule has 0 fully saturated rings. The zero-order valence-electron chi connectivity index (χ0n) is 20.8. The van der Waals surface area contributed by atoms with E-state index in [0.29, 0.717) is 12.8 Å². The fraction of sp³-hybridized carbons (Fsp3) is 0.464. The SMILES string of the molecule is CCCCC(CC(=O)NCC(C)(CC)C(=O)O)NC(=O)OCC1c2ccccc2-c2ccccc21. The monoisotopic (exact) mass is 480 g/mol. The zero-order chi connectivity index (χ0) is 25.4. The molecule has 3 rings (SSSR count). The number of carbonyl (C=O) groups excluding carboxylic acids is 2. The maximum atomic E-state index is 12.7. The van der Waals surface area contributed by atoms with E-state index in [0.717, 1.165) is 35.1 Å². The van der Waals surface area contributed by atoms with Crippen molar-refractivity contribution in [2.24, 2.45) is 5.41 Å². The van der Waals surface area contributed by atoms with Crippen molar-refractivity contribution in [2.75, 3.05) is 13.2 Å². The highest BCUT2D eigenvalue weighted by molar-refractivity contribution is 5.80. The summed E-state index contributed by atoms with van der Waals surface area (Å²) in [6.07, 6.45) is 2.34. The lowest BCUT2D eigenvalue weighted by Gasteiger charge is -2.24. The first-order valence-corrected chi connectivity index (χ1v) is 12.4. The van der Waals surface area contributed by atoms with Gasteiger partial charge in [0.05, 0.1) is 5.41 Å². The molecule has 7 heteroatoms. The van der Waals surface area contributed by atoms with E-state index in [9.17, 15) is 19.5 Å². The van der Waals surface area contributed by atoms with Crippen molar-refractivity contribution in [1.82, 2.24) is 10.6 Å². The van der Waals surface area contributed by atoms with Crippen molar-refractivity contribution >= 4 is 18.0 Å². The fourth-order valence-electron chi connectivity index (χ4n) is 4.42. The van der Waals surface area contributed by atoms with Crippen LogP contribution in [0.5, 0.6) is 0 Å².